The van der Waals surface area contributed by atoms with Crippen molar-refractivity contribution in [2.75, 3.05) is 18.0 Å². The van der Waals surface area contributed by atoms with Gasteiger partial charge in [-0.25, -0.2) is 8.42 Å². The highest BCUT2D eigenvalue weighted by atomic mass is 35.5. The second-order valence-electron chi connectivity index (χ2n) is 9.36. The van der Waals surface area contributed by atoms with E-state index in [4.69, 9.17) is 27.9 Å². The van der Waals surface area contributed by atoms with Crippen molar-refractivity contribution in [2.24, 2.45) is 0 Å². The zero-order valence-corrected chi connectivity index (χ0v) is 25.1. The van der Waals surface area contributed by atoms with Gasteiger partial charge in [-0.1, -0.05) is 66.5 Å². The standard InChI is InChI=1S/C29H33Cl2N3O5S/c1-5-25(29(36)32-20(2)3)33(18-21-11-9-12-22(17-21)39-4)27(35)19-34(26-16-10-15-24(30)28(26)31)40(37,38)23-13-7-6-8-14-23/h6-17,20,25H,5,18-19H2,1-4H3,(H,32,36)/t25-/m1/s1. The van der Waals surface area contributed by atoms with Gasteiger partial charge < -0.3 is 15.0 Å². The number of nitrogens with one attached hydrogen (secondary N) is 1. The maximum Gasteiger partial charge on any atom is 0.264 e. The Labute approximate surface area is 245 Å². The van der Waals surface area contributed by atoms with Crippen LogP contribution >= 0.6 is 23.2 Å². The predicted molar refractivity (Wildman–Crippen MR) is 158 cm³/mol. The van der Waals surface area contributed by atoms with Crippen molar-refractivity contribution in [3.8, 4) is 5.75 Å². The highest BCUT2D eigenvalue weighted by Gasteiger charge is 2.34. The number of ether oxygens (including phenoxy) is 1. The Hall–Kier alpha value is -3.27. The molecular weight excluding hydrogens is 573 g/mol. The van der Waals surface area contributed by atoms with Crippen LogP contribution in [0.1, 0.15) is 32.8 Å². The fourth-order valence-electron chi connectivity index (χ4n) is 4.19. The third-order valence-corrected chi connectivity index (χ3v) is 8.70. The molecule has 11 heteroatoms. The van der Waals surface area contributed by atoms with Gasteiger partial charge in [0, 0.05) is 12.6 Å². The normalized spacial score (nSPS) is 12.1. The number of hydrogen-bond acceptors (Lipinski definition) is 5. The van der Waals surface area contributed by atoms with Crippen molar-refractivity contribution in [2.45, 2.75) is 50.7 Å². The first-order valence-corrected chi connectivity index (χ1v) is 14.9. The monoisotopic (exact) mass is 605 g/mol. The lowest BCUT2D eigenvalue weighted by Crippen LogP contribution is -2.53. The number of carbonyl (C=O) groups is 2. The Morgan fingerprint density at radius 2 is 1.65 bits per heavy atom. The van der Waals surface area contributed by atoms with E-state index < -0.39 is 28.5 Å². The molecule has 1 N–H and O–H groups in total. The minimum Gasteiger partial charge on any atom is -0.497 e. The van der Waals surface area contributed by atoms with E-state index in [1.54, 1.807) is 49.4 Å². The molecule has 0 fully saturated rings. The first kappa shape index (κ1) is 31.3. The molecule has 0 aliphatic heterocycles. The average Bonchev–Trinajstić information content (AvgIpc) is 2.93. The van der Waals surface area contributed by atoms with Gasteiger partial charge >= 0.3 is 0 Å². The first-order chi connectivity index (χ1) is 19.0. The van der Waals surface area contributed by atoms with Gasteiger partial charge in [0.25, 0.3) is 10.0 Å². The van der Waals surface area contributed by atoms with E-state index in [0.717, 1.165) is 4.31 Å². The van der Waals surface area contributed by atoms with Crippen LogP contribution in [0, 0.1) is 0 Å². The van der Waals surface area contributed by atoms with Crippen LogP contribution in [-0.4, -0.2) is 50.9 Å². The topological polar surface area (TPSA) is 96.0 Å². The van der Waals surface area contributed by atoms with Crippen LogP contribution in [0.4, 0.5) is 5.69 Å². The number of methoxy groups -OCH3 is 1. The molecule has 1 atom stereocenters. The number of benzene rings is 3. The zero-order valence-electron chi connectivity index (χ0n) is 22.8. The van der Waals surface area contributed by atoms with Crippen molar-refractivity contribution < 1.29 is 22.7 Å². The molecule has 0 saturated heterocycles. The minimum absolute atomic E-state index is 0.0135. The number of halogens is 2. The first-order valence-electron chi connectivity index (χ1n) is 12.7. The molecule has 0 radical (unpaired) electrons. The molecular formula is C29H33Cl2N3O5S. The lowest BCUT2D eigenvalue weighted by Gasteiger charge is -2.33. The van der Waals surface area contributed by atoms with Crippen molar-refractivity contribution in [3.63, 3.8) is 0 Å². The molecule has 3 aromatic carbocycles. The van der Waals surface area contributed by atoms with Crippen LogP contribution in [0.2, 0.25) is 10.0 Å². The van der Waals surface area contributed by atoms with Crippen LogP contribution in [0.3, 0.4) is 0 Å². The number of amides is 2. The van der Waals surface area contributed by atoms with Crippen LogP contribution in [0.25, 0.3) is 0 Å². The van der Waals surface area contributed by atoms with E-state index in [1.807, 2.05) is 19.9 Å². The molecule has 0 aliphatic rings. The van der Waals surface area contributed by atoms with E-state index in [9.17, 15) is 18.0 Å². The third-order valence-electron chi connectivity index (χ3n) is 6.11. The smallest absolute Gasteiger partial charge is 0.264 e. The molecule has 2 amide bonds. The Bertz CT molecular complexity index is 1430. The van der Waals surface area contributed by atoms with Crippen molar-refractivity contribution in [1.29, 1.82) is 0 Å². The van der Waals surface area contributed by atoms with Gasteiger partial charge in [0.05, 0.1) is 27.7 Å². The van der Waals surface area contributed by atoms with E-state index in [-0.39, 0.29) is 39.1 Å². The molecule has 3 aromatic rings. The number of nitrogens with zero attached hydrogens (tertiary/aromatic N) is 2. The fraction of sp³-hybridized carbons (Fsp3) is 0.310. The number of rotatable bonds is 12. The van der Waals surface area contributed by atoms with E-state index in [0.29, 0.717) is 17.7 Å². The highest BCUT2D eigenvalue weighted by Crippen LogP contribution is 2.35. The summed E-state index contributed by atoms with van der Waals surface area (Å²) >= 11 is 12.7. The highest BCUT2D eigenvalue weighted by molar-refractivity contribution is 7.92. The molecule has 3 rings (SSSR count). The second kappa shape index (κ2) is 13.9. The number of sulfonamides is 1. The third kappa shape index (κ3) is 7.47. The Morgan fingerprint density at radius 3 is 2.27 bits per heavy atom. The fourth-order valence-corrected chi connectivity index (χ4v) is 6.08. The molecule has 0 aliphatic carbocycles. The summed E-state index contributed by atoms with van der Waals surface area (Å²) in [5.74, 6) is -0.348. The molecule has 0 bridgehead atoms. The largest absolute Gasteiger partial charge is 0.497 e. The SMILES string of the molecule is CC[C@H](C(=O)NC(C)C)N(Cc1cccc(OC)c1)C(=O)CN(c1cccc(Cl)c1Cl)S(=O)(=O)c1ccccc1. The van der Waals surface area contributed by atoms with Gasteiger partial charge in [-0.3, -0.25) is 13.9 Å². The van der Waals surface area contributed by atoms with Crippen LogP contribution in [-0.2, 0) is 26.2 Å². The summed E-state index contributed by atoms with van der Waals surface area (Å²) in [5, 5.41) is 2.99. The minimum atomic E-state index is -4.25. The quantitative estimate of drug-likeness (QED) is 0.293. The number of carbonyl (C=O) groups excluding carboxylic acids is 2. The van der Waals surface area contributed by atoms with Crippen molar-refractivity contribution >= 4 is 50.7 Å². The van der Waals surface area contributed by atoms with Gasteiger partial charge in [0.1, 0.15) is 18.3 Å². The summed E-state index contributed by atoms with van der Waals surface area (Å²) in [6.45, 7) is 4.88. The van der Waals surface area contributed by atoms with E-state index in [1.165, 1.54) is 36.3 Å². The lowest BCUT2D eigenvalue weighted by molar-refractivity contribution is -0.140. The molecule has 0 aromatic heterocycles. The molecule has 8 nitrogen and oxygen atoms in total. The Kier molecular flexibility index (Phi) is 10.8. The molecule has 0 spiro atoms. The lowest BCUT2D eigenvalue weighted by atomic mass is 10.1. The maximum absolute atomic E-state index is 14.1. The summed E-state index contributed by atoms with van der Waals surface area (Å²) in [7, 11) is -2.72. The van der Waals surface area contributed by atoms with E-state index in [2.05, 4.69) is 5.32 Å². The van der Waals surface area contributed by atoms with Crippen molar-refractivity contribution in [3.05, 3.63) is 88.4 Å². The predicted octanol–water partition coefficient (Wildman–Crippen LogP) is 5.53. The molecule has 0 heterocycles. The summed E-state index contributed by atoms with van der Waals surface area (Å²) < 4.78 is 34.0. The average molecular weight is 607 g/mol. The maximum atomic E-state index is 14.1. The van der Waals surface area contributed by atoms with Gasteiger partial charge in [0.2, 0.25) is 11.8 Å². The van der Waals surface area contributed by atoms with Gasteiger partial charge in [-0.05, 0) is 62.2 Å². The molecule has 0 unspecified atom stereocenters. The van der Waals surface area contributed by atoms with E-state index >= 15 is 0 Å². The molecule has 0 saturated carbocycles. The molecule has 214 valence electrons. The second-order valence-corrected chi connectivity index (χ2v) is 12.0. The Balaban J connectivity index is 2.10. The zero-order chi connectivity index (χ0) is 29.4. The summed E-state index contributed by atoms with van der Waals surface area (Å²) in [5.41, 5.74) is 0.758. The summed E-state index contributed by atoms with van der Waals surface area (Å²) in [6.07, 6.45) is 0.303. The van der Waals surface area contributed by atoms with Crippen molar-refractivity contribution in [1.82, 2.24) is 10.2 Å². The van der Waals surface area contributed by atoms with Crippen LogP contribution < -0.4 is 14.4 Å². The summed E-state index contributed by atoms with van der Waals surface area (Å²) in [4.78, 5) is 28.7. The van der Waals surface area contributed by atoms with Crippen LogP contribution in [0.15, 0.2) is 77.7 Å². The molecule has 40 heavy (non-hydrogen) atoms. The van der Waals surface area contributed by atoms with Crippen LogP contribution in [0.5, 0.6) is 5.75 Å². The van der Waals surface area contributed by atoms with Gasteiger partial charge in [-0.2, -0.15) is 0 Å². The van der Waals surface area contributed by atoms with Gasteiger partial charge in [0.15, 0.2) is 0 Å². The number of anilines is 1. The summed E-state index contributed by atoms with van der Waals surface area (Å²) in [6, 6.07) is 18.4. The number of hydrogen-bond donors (Lipinski definition) is 1. The van der Waals surface area contributed by atoms with Gasteiger partial charge in [-0.15, -0.1) is 0 Å². The Morgan fingerprint density at radius 1 is 0.975 bits per heavy atom.